The lowest BCUT2D eigenvalue weighted by molar-refractivity contribution is -0.147. The second kappa shape index (κ2) is 5.92. The third-order valence-corrected chi connectivity index (χ3v) is 9.11. The fourth-order valence-corrected chi connectivity index (χ4v) is 7.71. The number of aliphatic hydroxyl groups excluding tert-OH is 2. The summed E-state index contributed by atoms with van der Waals surface area (Å²) in [6, 6.07) is 0. The summed E-state index contributed by atoms with van der Waals surface area (Å²) in [5, 5.41) is 20.8. The van der Waals surface area contributed by atoms with Crippen LogP contribution < -0.4 is 0 Å². The SMILES string of the molecule is C[C@H](CO)[C@H]1CC[C@H]2[C@@H]3[C@H](O)C[C@H]4CC(=O)C=C[C@]4(C)[C@H]3CC[C@]12C. The third kappa shape index (κ3) is 2.41. The first-order chi connectivity index (χ1) is 11.8. The minimum atomic E-state index is -0.268. The summed E-state index contributed by atoms with van der Waals surface area (Å²) < 4.78 is 0. The van der Waals surface area contributed by atoms with Gasteiger partial charge in [0, 0.05) is 13.0 Å². The molecule has 0 bridgehead atoms. The molecule has 25 heavy (non-hydrogen) atoms. The van der Waals surface area contributed by atoms with E-state index in [2.05, 4.69) is 26.8 Å². The van der Waals surface area contributed by atoms with Crippen LogP contribution >= 0.6 is 0 Å². The van der Waals surface area contributed by atoms with E-state index >= 15 is 0 Å². The summed E-state index contributed by atoms with van der Waals surface area (Å²) in [5.41, 5.74) is 0.321. The van der Waals surface area contributed by atoms with Crippen molar-refractivity contribution in [3.63, 3.8) is 0 Å². The molecule has 0 aromatic heterocycles. The van der Waals surface area contributed by atoms with Gasteiger partial charge in [0.05, 0.1) is 6.10 Å². The van der Waals surface area contributed by atoms with Crippen LogP contribution in [0.25, 0.3) is 0 Å². The maximum absolute atomic E-state index is 11.9. The summed E-state index contributed by atoms with van der Waals surface area (Å²) in [4.78, 5) is 11.9. The first-order valence-corrected chi connectivity index (χ1v) is 10.3. The highest BCUT2D eigenvalue weighted by atomic mass is 16.3. The van der Waals surface area contributed by atoms with E-state index in [0.29, 0.717) is 41.9 Å². The van der Waals surface area contributed by atoms with E-state index in [1.807, 2.05) is 6.08 Å². The average Bonchev–Trinajstić information content (AvgIpc) is 2.93. The van der Waals surface area contributed by atoms with E-state index in [4.69, 9.17) is 0 Å². The number of allylic oxidation sites excluding steroid dienone is 2. The van der Waals surface area contributed by atoms with Gasteiger partial charge in [0.15, 0.2) is 5.78 Å². The van der Waals surface area contributed by atoms with Crippen LogP contribution in [0.5, 0.6) is 0 Å². The number of fused-ring (bicyclic) bond motifs is 5. The van der Waals surface area contributed by atoms with Crippen molar-refractivity contribution in [2.45, 2.75) is 65.4 Å². The van der Waals surface area contributed by atoms with Gasteiger partial charge < -0.3 is 10.2 Å². The van der Waals surface area contributed by atoms with Gasteiger partial charge in [-0.2, -0.15) is 0 Å². The fraction of sp³-hybridized carbons (Fsp3) is 0.864. The van der Waals surface area contributed by atoms with Crippen LogP contribution in [0, 0.1) is 46.3 Å². The lowest BCUT2D eigenvalue weighted by Crippen LogP contribution is -2.57. The Hall–Kier alpha value is -0.670. The highest BCUT2D eigenvalue weighted by Crippen LogP contribution is 2.67. The molecule has 9 atom stereocenters. The molecule has 2 N–H and O–H groups in total. The molecule has 3 saturated carbocycles. The summed E-state index contributed by atoms with van der Waals surface area (Å²) >= 11 is 0. The zero-order valence-corrected chi connectivity index (χ0v) is 15.9. The Kier molecular flexibility index (Phi) is 4.20. The predicted molar refractivity (Wildman–Crippen MR) is 97.8 cm³/mol. The molecule has 0 saturated heterocycles. The first kappa shape index (κ1) is 17.7. The largest absolute Gasteiger partial charge is 0.396 e. The minimum Gasteiger partial charge on any atom is -0.396 e. The monoisotopic (exact) mass is 346 g/mol. The standard InChI is InChI=1S/C22H34O3/c1-13(12-23)16-4-5-17-20-18(7-9-22(16,17)3)21(2)8-6-15(24)10-14(21)11-19(20)25/h6,8,13-14,16-20,23,25H,4-5,7,9-12H2,1-3H3/t13-,14-,16-,17+,18+,19-,20+,21+,22-/m1/s1. The lowest BCUT2D eigenvalue weighted by Gasteiger charge is -2.60. The summed E-state index contributed by atoms with van der Waals surface area (Å²) in [7, 11) is 0. The maximum atomic E-state index is 11.9. The molecule has 3 fully saturated rings. The van der Waals surface area contributed by atoms with Gasteiger partial charge in [-0.1, -0.05) is 26.8 Å². The van der Waals surface area contributed by atoms with Gasteiger partial charge in [-0.15, -0.1) is 0 Å². The highest BCUT2D eigenvalue weighted by Gasteiger charge is 2.62. The quantitative estimate of drug-likeness (QED) is 0.803. The number of rotatable bonds is 2. The van der Waals surface area contributed by atoms with Gasteiger partial charge in [-0.25, -0.2) is 0 Å². The second-order valence-corrected chi connectivity index (χ2v) is 10.0. The van der Waals surface area contributed by atoms with Crippen LogP contribution in [0.2, 0.25) is 0 Å². The molecule has 0 aromatic rings. The van der Waals surface area contributed by atoms with Crippen molar-refractivity contribution in [3.05, 3.63) is 12.2 Å². The molecule has 3 heteroatoms. The van der Waals surface area contributed by atoms with E-state index in [-0.39, 0.29) is 29.3 Å². The zero-order valence-electron chi connectivity index (χ0n) is 15.9. The van der Waals surface area contributed by atoms with E-state index < -0.39 is 0 Å². The van der Waals surface area contributed by atoms with Crippen molar-refractivity contribution in [1.82, 2.24) is 0 Å². The maximum Gasteiger partial charge on any atom is 0.155 e. The molecule has 0 unspecified atom stereocenters. The molecule has 4 aliphatic rings. The molecule has 0 heterocycles. The summed E-state index contributed by atoms with van der Waals surface area (Å²) in [6.07, 6.45) is 9.85. The molecule has 0 spiro atoms. The Morgan fingerprint density at radius 3 is 2.72 bits per heavy atom. The smallest absolute Gasteiger partial charge is 0.155 e. The molecule has 0 aromatic carbocycles. The predicted octanol–water partition coefficient (Wildman–Crippen LogP) is 3.59. The second-order valence-electron chi connectivity index (χ2n) is 10.0. The molecule has 4 aliphatic carbocycles. The summed E-state index contributed by atoms with van der Waals surface area (Å²) in [6.45, 7) is 7.23. The van der Waals surface area contributed by atoms with Crippen LogP contribution in [0.4, 0.5) is 0 Å². The molecule has 0 radical (unpaired) electrons. The molecule has 140 valence electrons. The lowest BCUT2D eigenvalue weighted by atomic mass is 9.45. The van der Waals surface area contributed by atoms with E-state index in [9.17, 15) is 15.0 Å². The fourth-order valence-electron chi connectivity index (χ4n) is 7.71. The van der Waals surface area contributed by atoms with E-state index in [1.54, 1.807) is 0 Å². The summed E-state index contributed by atoms with van der Waals surface area (Å²) in [5.74, 6) is 2.86. The Bertz CT molecular complexity index is 584. The van der Waals surface area contributed by atoms with Crippen molar-refractivity contribution in [3.8, 4) is 0 Å². The van der Waals surface area contributed by atoms with Crippen molar-refractivity contribution in [2.24, 2.45) is 46.3 Å². The van der Waals surface area contributed by atoms with Crippen LogP contribution in [-0.2, 0) is 4.79 Å². The molecular weight excluding hydrogens is 312 g/mol. The number of hydrogen-bond acceptors (Lipinski definition) is 3. The van der Waals surface area contributed by atoms with Gasteiger partial charge in [0.1, 0.15) is 0 Å². The Balaban J connectivity index is 1.68. The average molecular weight is 347 g/mol. The van der Waals surface area contributed by atoms with Crippen LogP contribution in [-0.4, -0.2) is 28.7 Å². The third-order valence-electron chi connectivity index (χ3n) is 9.11. The van der Waals surface area contributed by atoms with Gasteiger partial charge in [0.25, 0.3) is 0 Å². The van der Waals surface area contributed by atoms with Crippen molar-refractivity contribution < 1.29 is 15.0 Å². The van der Waals surface area contributed by atoms with E-state index in [1.165, 1.54) is 19.3 Å². The number of carbonyl (C=O) groups excluding carboxylic acids is 1. The van der Waals surface area contributed by atoms with Gasteiger partial charge in [-0.3, -0.25) is 4.79 Å². The molecule has 3 nitrogen and oxygen atoms in total. The molecule has 0 aliphatic heterocycles. The van der Waals surface area contributed by atoms with Crippen molar-refractivity contribution >= 4 is 5.78 Å². The van der Waals surface area contributed by atoms with Gasteiger partial charge >= 0.3 is 0 Å². The number of ketones is 1. The molecular formula is C22H34O3. The van der Waals surface area contributed by atoms with Crippen molar-refractivity contribution in [1.29, 1.82) is 0 Å². The molecule has 4 rings (SSSR count). The normalized spacial score (nSPS) is 53.1. The Labute approximate surface area is 151 Å². The Morgan fingerprint density at radius 2 is 2.00 bits per heavy atom. The van der Waals surface area contributed by atoms with Crippen molar-refractivity contribution in [2.75, 3.05) is 6.61 Å². The van der Waals surface area contributed by atoms with Crippen LogP contribution in [0.15, 0.2) is 12.2 Å². The highest BCUT2D eigenvalue weighted by molar-refractivity contribution is 5.91. The van der Waals surface area contributed by atoms with Gasteiger partial charge in [-0.05, 0) is 84.5 Å². The van der Waals surface area contributed by atoms with Crippen LogP contribution in [0.1, 0.15) is 59.3 Å². The van der Waals surface area contributed by atoms with E-state index in [0.717, 1.165) is 12.8 Å². The Morgan fingerprint density at radius 1 is 1.24 bits per heavy atom. The van der Waals surface area contributed by atoms with Gasteiger partial charge in [0.2, 0.25) is 0 Å². The topological polar surface area (TPSA) is 57.5 Å². The number of aliphatic hydroxyl groups is 2. The number of hydrogen-bond donors (Lipinski definition) is 2. The minimum absolute atomic E-state index is 0.0693. The zero-order chi connectivity index (χ0) is 18.0. The first-order valence-electron chi connectivity index (χ1n) is 10.3. The molecule has 0 amide bonds. The van der Waals surface area contributed by atoms with Crippen LogP contribution in [0.3, 0.4) is 0 Å². The number of carbonyl (C=O) groups is 1.